The highest BCUT2D eigenvalue weighted by Gasteiger charge is 2.42. The lowest BCUT2D eigenvalue weighted by Gasteiger charge is -2.38. The van der Waals surface area contributed by atoms with Gasteiger partial charge >= 0.3 is 0 Å². The topological polar surface area (TPSA) is 0 Å². The van der Waals surface area contributed by atoms with Gasteiger partial charge in [-0.3, -0.25) is 0 Å². The van der Waals surface area contributed by atoms with E-state index >= 15 is 0 Å². The molecule has 6 unspecified atom stereocenters. The van der Waals surface area contributed by atoms with Gasteiger partial charge < -0.3 is 0 Å². The van der Waals surface area contributed by atoms with Gasteiger partial charge in [0, 0.05) is 0 Å². The van der Waals surface area contributed by atoms with Crippen LogP contribution in [0.15, 0.2) is 0 Å². The fourth-order valence-corrected chi connectivity index (χ4v) is 27.1. The third-order valence-corrected chi connectivity index (χ3v) is 33.2. The number of hydrogen-bond donors (Lipinski definition) is 0. The predicted molar refractivity (Wildman–Crippen MR) is 427 cm³/mol. The lowest BCUT2D eigenvalue weighted by Crippen LogP contribution is -2.25. The van der Waals surface area contributed by atoms with E-state index in [2.05, 4.69) is 62.3 Å². The maximum Gasteiger partial charge on any atom is -0.0295 e. The van der Waals surface area contributed by atoms with Crippen LogP contribution in [0.5, 0.6) is 0 Å². The van der Waals surface area contributed by atoms with Gasteiger partial charge in [-0.1, -0.05) is 338 Å². The zero-order valence-electron chi connectivity index (χ0n) is 67.8. The molecule has 0 nitrogen and oxygen atoms in total. The van der Waals surface area contributed by atoms with Crippen molar-refractivity contribution in [3.8, 4) is 0 Å². The van der Waals surface area contributed by atoms with Gasteiger partial charge in [0.25, 0.3) is 0 Å². The molecule has 0 aromatic carbocycles. The standard InChI is InChI=1S/C13H24.2C12H22.2C11H20.2C10H18.2C9H16/c1-11-8-9-12-4-2-6-13(10-11)7-3-5-12;1-10-8-11-4-2-5-12(9-10)7-3-6-11;1-10-5-6-11-3-2-4-12(9-10)8-7-11;1-9-2-3-10-4-6-11(8-9)7-5-10;1-9-5-6-10-3-2-4-11(7-9)8-10;1-8-2-3-9-4-5-10(6-8)7-9;1-9-4-7-10(8-9)5-2-3-6-10;1-8-3-6-9(7-8)4-2-5-9;1-7-2-3-8-5-9(4-7)6-8/h11-13H,2-10H2,1H3;2*10-12H,2-9H2,1H3;2*9-11H,2-8H2,1H3;8-10H,2-7H2,1H3;9H,2-8H2,1H3;8H,2-7H2,1H3;7-9H,2-6H2,1H3/t11-,12?,13?;;10-,11?,12?;2*9-,10?,11?;8-,9?,10?;9-;8-;7-,8?,9?/m1.1111111/s1. The SMILES string of the molecule is CC1CC2CCCC(CCC2)C1.C[C@@H]1CCC2(CCC2)C1.C[C@@H]1CCC2(CCCC2)C1.C[C@@H]1CCC2CC(C2)C1.C[C@@H]1CCC2CCC(C2)C1.C[C@@H]1CCC2CCC(CC2)C1.C[C@@H]1CCC2CCCC(C2)C1.C[C@@H]1CCC2CCCC(CC2)C1.C[C@@H]1CCC2CCCC(CCC2)C1. The quantitative estimate of drug-likeness (QED) is 0.227. The van der Waals surface area contributed by atoms with Crippen molar-refractivity contribution >= 4 is 0 Å². The Hall–Kier alpha value is 0. The zero-order valence-corrected chi connectivity index (χ0v) is 67.8. The van der Waals surface area contributed by atoms with Crippen LogP contribution in [0.25, 0.3) is 0 Å². The molecule has 0 amide bonds. The first-order valence-electron chi connectivity index (χ1n) is 47.0. The fraction of sp³-hybridized carbons (Fsp3) is 1.00. The van der Waals surface area contributed by atoms with Crippen LogP contribution in [0.2, 0.25) is 0 Å². The van der Waals surface area contributed by atoms with Crippen LogP contribution < -0.4 is 0 Å². The van der Waals surface area contributed by atoms with Gasteiger partial charge in [0.15, 0.2) is 0 Å². The molecule has 0 radical (unpaired) electrons. The molecule has 22 aliphatic rings. The maximum atomic E-state index is 2.47. The largest absolute Gasteiger partial charge is 0.0625 e. The molecular formula is C97H176. The molecule has 0 aromatic rings. The van der Waals surface area contributed by atoms with E-state index in [0.29, 0.717) is 0 Å². The Morgan fingerprint density at radius 3 is 0.711 bits per heavy atom. The van der Waals surface area contributed by atoms with Crippen LogP contribution in [0.3, 0.4) is 0 Å². The molecule has 0 aromatic heterocycles. The number of fused-ring (bicyclic) bond motifs is 28. The molecule has 14 atom stereocenters. The summed E-state index contributed by atoms with van der Waals surface area (Å²) in [5.74, 6) is 24.9. The van der Waals surface area contributed by atoms with Gasteiger partial charge in [-0.25, -0.2) is 0 Å². The summed E-state index contributed by atoms with van der Waals surface area (Å²) in [6.07, 6.45) is 97.0. The van der Waals surface area contributed by atoms with Crippen LogP contribution >= 0.6 is 0 Å². The molecule has 22 fully saturated rings. The van der Waals surface area contributed by atoms with Gasteiger partial charge in [-0.2, -0.15) is 0 Å². The van der Waals surface area contributed by atoms with Crippen molar-refractivity contribution in [1.29, 1.82) is 0 Å². The second-order valence-electron chi connectivity index (χ2n) is 42.8. The van der Waals surface area contributed by atoms with Crippen LogP contribution in [0.4, 0.5) is 0 Å². The third kappa shape index (κ3) is 28.3. The van der Waals surface area contributed by atoms with E-state index in [1.807, 2.05) is 0 Å². The molecular weight excluding hydrogens is 1170 g/mol. The number of hydrogen-bond acceptors (Lipinski definition) is 0. The van der Waals surface area contributed by atoms with E-state index < -0.39 is 0 Å². The first-order valence-corrected chi connectivity index (χ1v) is 47.0. The first kappa shape index (κ1) is 79.6. The van der Waals surface area contributed by atoms with Gasteiger partial charge in [0.2, 0.25) is 0 Å². The van der Waals surface area contributed by atoms with E-state index in [4.69, 9.17) is 0 Å². The summed E-state index contributed by atoms with van der Waals surface area (Å²) < 4.78 is 0. The molecule has 0 N–H and O–H groups in total. The fourth-order valence-electron chi connectivity index (χ4n) is 27.1. The van der Waals surface area contributed by atoms with Crippen molar-refractivity contribution in [3.63, 3.8) is 0 Å². The van der Waals surface area contributed by atoms with E-state index in [-0.39, 0.29) is 0 Å². The van der Waals surface area contributed by atoms with Crippen molar-refractivity contribution in [2.45, 2.75) is 467 Å². The van der Waals surface area contributed by atoms with E-state index in [1.54, 1.807) is 205 Å². The van der Waals surface area contributed by atoms with Gasteiger partial charge in [0.05, 0.1) is 0 Å². The molecule has 22 saturated carbocycles. The van der Waals surface area contributed by atoms with E-state index in [1.165, 1.54) is 199 Å². The number of rotatable bonds is 0. The maximum absolute atomic E-state index is 2.47. The minimum Gasteiger partial charge on any atom is -0.0625 e. The van der Waals surface area contributed by atoms with E-state index in [9.17, 15) is 0 Å². The van der Waals surface area contributed by atoms with Crippen molar-refractivity contribution in [1.82, 2.24) is 0 Å². The summed E-state index contributed by atoms with van der Waals surface area (Å²) in [6, 6.07) is 0. The predicted octanol–water partition coefficient (Wildman–Crippen LogP) is 32.0. The summed E-state index contributed by atoms with van der Waals surface area (Å²) in [7, 11) is 0. The molecule has 564 valence electrons. The Bertz CT molecular complexity index is 1990. The Balaban J connectivity index is 0.000000119. The normalized spacial score (nSPS) is 43.5. The Labute approximate surface area is 610 Å². The van der Waals surface area contributed by atoms with Gasteiger partial charge in [0.1, 0.15) is 0 Å². The monoisotopic (exact) mass is 1340 g/mol. The molecule has 0 heteroatoms. The molecule has 22 rings (SSSR count). The first-order chi connectivity index (χ1) is 47.0. The molecule has 14 bridgehead atoms. The average Bonchev–Trinajstić information content (AvgIpc) is 1.70. The highest BCUT2D eigenvalue weighted by molar-refractivity contribution is 4.94. The molecule has 22 aliphatic carbocycles. The van der Waals surface area contributed by atoms with E-state index in [0.717, 1.165) is 147 Å². The van der Waals surface area contributed by atoms with Crippen molar-refractivity contribution < 1.29 is 0 Å². The highest BCUT2D eigenvalue weighted by atomic mass is 14.5. The molecule has 2 spiro atoms. The lowest BCUT2D eigenvalue weighted by atomic mass is 9.67. The van der Waals surface area contributed by atoms with Crippen molar-refractivity contribution in [2.75, 3.05) is 0 Å². The second-order valence-corrected chi connectivity index (χ2v) is 42.8. The second kappa shape index (κ2) is 41.8. The summed E-state index contributed by atoms with van der Waals surface area (Å²) in [5, 5.41) is 0. The molecule has 0 heterocycles. The van der Waals surface area contributed by atoms with Crippen LogP contribution in [0, 0.1) is 147 Å². The Morgan fingerprint density at radius 2 is 0.340 bits per heavy atom. The third-order valence-electron chi connectivity index (χ3n) is 33.2. The minimum absolute atomic E-state index is 0.861. The molecule has 0 saturated heterocycles. The summed E-state index contributed by atoms with van der Waals surface area (Å²) in [4.78, 5) is 0. The van der Waals surface area contributed by atoms with Crippen molar-refractivity contribution in [2.24, 2.45) is 147 Å². The Morgan fingerprint density at radius 1 is 0.134 bits per heavy atom. The zero-order chi connectivity index (χ0) is 67.8. The summed E-state index contributed by atoms with van der Waals surface area (Å²) >= 11 is 0. The van der Waals surface area contributed by atoms with Crippen LogP contribution in [-0.2, 0) is 0 Å². The minimum atomic E-state index is 0.861. The molecule has 0 aliphatic heterocycles. The van der Waals surface area contributed by atoms with Crippen molar-refractivity contribution in [3.05, 3.63) is 0 Å². The van der Waals surface area contributed by atoms with Gasteiger partial charge in [-0.05, 0) is 275 Å². The highest BCUT2D eigenvalue weighted by Crippen LogP contribution is 2.56. The smallest absolute Gasteiger partial charge is 0.0295 e. The van der Waals surface area contributed by atoms with Crippen LogP contribution in [0.1, 0.15) is 467 Å². The molecule has 97 heavy (non-hydrogen) atoms. The average molecular weight is 1340 g/mol. The summed E-state index contributed by atoms with van der Waals surface area (Å²) in [6.45, 7) is 22.0. The van der Waals surface area contributed by atoms with Gasteiger partial charge in [-0.15, -0.1) is 0 Å². The summed E-state index contributed by atoms with van der Waals surface area (Å²) in [5.41, 5.74) is 1.75. The lowest BCUT2D eigenvalue weighted by molar-refractivity contribution is 0.138. The Kier molecular flexibility index (Phi) is 34.3. The van der Waals surface area contributed by atoms with Crippen LogP contribution in [-0.4, -0.2) is 0 Å².